The second-order valence-corrected chi connectivity index (χ2v) is 9.46. The summed E-state index contributed by atoms with van der Waals surface area (Å²) in [6.45, 7) is 12.9. The highest BCUT2D eigenvalue weighted by Gasteiger charge is 2.21. The molecule has 0 heterocycles. The zero-order valence-electron chi connectivity index (χ0n) is 21.2. The van der Waals surface area contributed by atoms with E-state index < -0.39 is 0 Å². The molecule has 0 bridgehead atoms. The minimum atomic E-state index is -0.248. The van der Waals surface area contributed by atoms with Gasteiger partial charge in [0.1, 0.15) is 17.2 Å². The normalized spacial score (nSPS) is 11.3. The summed E-state index contributed by atoms with van der Waals surface area (Å²) in [5, 5.41) is 51.4. The van der Waals surface area contributed by atoms with Crippen LogP contribution in [0.3, 0.4) is 0 Å². The largest absolute Gasteiger partial charge is 0.507 e. The van der Waals surface area contributed by atoms with Crippen LogP contribution in [0, 0.1) is 48.5 Å². The summed E-state index contributed by atoms with van der Waals surface area (Å²) < 4.78 is 0. The average Bonchev–Trinajstić information content (AvgIpc) is 2.80. The maximum absolute atomic E-state index is 11.1. The van der Waals surface area contributed by atoms with Gasteiger partial charge < -0.3 is 25.5 Å². The van der Waals surface area contributed by atoms with Crippen molar-refractivity contribution >= 4 is 0 Å². The number of aryl methyl sites for hydroxylation is 2. The fourth-order valence-corrected chi connectivity index (χ4v) is 4.98. The van der Waals surface area contributed by atoms with E-state index in [-0.39, 0.29) is 30.5 Å². The molecule has 0 radical (unpaired) electrons. The monoisotopic (exact) mass is 464 g/mol. The molecule has 34 heavy (non-hydrogen) atoms. The van der Waals surface area contributed by atoms with Crippen LogP contribution in [-0.4, -0.2) is 25.5 Å². The van der Waals surface area contributed by atoms with E-state index >= 15 is 0 Å². The van der Waals surface area contributed by atoms with E-state index in [0.717, 1.165) is 55.6 Å². The van der Waals surface area contributed by atoms with Crippen molar-refractivity contribution in [3.8, 4) is 17.2 Å². The van der Waals surface area contributed by atoms with Gasteiger partial charge in [-0.3, -0.25) is 0 Å². The summed E-state index contributed by atoms with van der Waals surface area (Å²) in [4.78, 5) is 0. The molecule has 5 nitrogen and oxygen atoms in total. The standard InChI is InChI=1S/C29H36O5/c1-14-8-21(18(5)25(12-30)27(14)32)10-23-16(3)17(4)29(34)24(20(23)7)11-22-9-15(2)28(33)26(13-31)19(22)6/h8-9,30-34H,10-13H2,1-7H3. The molecule has 0 atom stereocenters. The third kappa shape index (κ3) is 4.26. The Morgan fingerprint density at radius 1 is 0.471 bits per heavy atom. The summed E-state index contributed by atoms with van der Waals surface area (Å²) >= 11 is 0. The van der Waals surface area contributed by atoms with Crippen LogP contribution < -0.4 is 0 Å². The van der Waals surface area contributed by atoms with Crippen LogP contribution >= 0.6 is 0 Å². The van der Waals surface area contributed by atoms with Crippen molar-refractivity contribution in [2.24, 2.45) is 0 Å². The van der Waals surface area contributed by atoms with Gasteiger partial charge in [0.2, 0.25) is 0 Å². The van der Waals surface area contributed by atoms with Gasteiger partial charge in [-0.25, -0.2) is 0 Å². The lowest BCUT2D eigenvalue weighted by Crippen LogP contribution is -2.08. The first-order chi connectivity index (χ1) is 15.9. The summed E-state index contributed by atoms with van der Waals surface area (Å²) in [5.74, 6) is 0.519. The van der Waals surface area contributed by atoms with E-state index in [1.54, 1.807) is 0 Å². The van der Waals surface area contributed by atoms with E-state index in [1.165, 1.54) is 0 Å². The highest BCUT2D eigenvalue weighted by atomic mass is 16.3. The number of rotatable bonds is 6. The third-order valence-corrected chi connectivity index (χ3v) is 7.58. The smallest absolute Gasteiger partial charge is 0.124 e. The summed E-state index contributed by atoms with van der Waals surface area (Å²) in [6, 6.07) is 3.88. The van der Waals surface area contributed by atoms with E-state index in [2.05, 4.69) is 0 Å². The maximum atomic E-state index is 11.1. The molecule has 5 N–H and O–H groups in total. The Labute approximate surface area is 202 Å². The van der Waals surface area contributed by atoms with Crippen molar-refractivity contribution in [3.63, 3.8) is 0 Å². The molecule has 3 rings (SSSR count). The lowest BCUT2D eigenvalue weighted by Gasteiger charge is -2.22. The molecule has 182 valence electrons. The Kier molecular flexibility index (Phi) is 7.29. The topological polar surface area (TPSA) is 101 Å². The van der Waals surface area contributed by atoms with Crippen LogP contribution in [0.15, 0.2) is 12.1 Å². The van der Waals surface area contributed by atoms with E-state index in [9.17, 15) is 25.5 Å². The van der Waals surface area contributed by atoms with E-state index in [0.29, 0.717) is 29.5 Å². The summed E-state index contributed by atoms with van der Waals surface area (Å²) in [5.41, 5.74) is 10.9. The second kappa shape index (κ2) is 9.69. The molecule has 0 aromatic heterocycles. The minimum Gasteiger partial charge on any atom is -0.507 e. The van der Waals surface area contributed by atoms with Gasteiger partial charge in [-0.1, -0.05) is 12.1 Å². The Balaban J connectivity index is 2.17. The Morgan fingerprint density at radius 2 is 0.882 bits per heavy atom. The van der Waals surface area contributed by atoms with E-state index in [1.807, 2.05) is 60.6 Å². The lowest BCUT2D eigenvalue weighted by molar-refractivity contribution is 0.274. The van der Waals surface area contributed by atoms with Gasteiger partial charge >= 0.3 is 0 Å². The van der Waals surface area contributed by atoms with Crippen LogP contribution in [0.2, 0.25) is 0 Å². The van der Waals surface area contributed by atoms with Crippen molar-refractivity contribution in [2.45, 2.75) is 74.5 Å². The molecule has 5 heteroatoms. The number of phenols is 3. The lowest BCUT2D eigenvalue weighted by atomic mass is 9.84. The number of aliphatic hydroxyl groups excluding tert-OH is 2. The van der Waals surface area contributed by atoms with Crippen molar-refractivity contribution in [1.82, 2.24) is 0 Å². The first-order valence-electron chi connectivity index (χ1n) is 11.6. The molecule has 0 saturated heterocycles. The number of benzene rings is 3. The third-order valence-electron chi connectivity index (χ3n) is 7.58. The predicted molar refractivity (Wildman–Crippen MR) is 135 cm³/mol. The van der Waals surface area contributed by atoms with Crippen LogP contribution in [0.4, 0.5) is 0 Å². The van der Waals surface area contributed by atoms with Gasteiger partial charge in [-0.2, -0.15) is 0 Å². The van der Waals surface area contributed by atoms with Gasteiger partial charge in [0.25, 0.3) is 0 Å². The SMILES string of the molecule is Cc1cc(Cc2c(C)c(C)c(O)c(Cc3cc(C)c(O)c(CO)c3C)c2C)c(C)c(CO)c1O. The van der Waals surface area contributed by atoms with Crippen molar-refractivity contribution in [3.05, 3.63) is 84.5 Å². The molecule has 0 saturated carbocycles. The zero-order valence-corrected chi connectivity index (χ0v) is 21.2. The Hall–Kier alpha value is -3.02. The number of hydrogen-bond acceptors (Lipinski definition) is 5. The van der Waals surface area contributed by atoms with Gasteiger partial charge in [0, 0.05) is 23.1 Å². The zero-order chi connectivity index (χ0) is 25.5. The number of aliphatic hydroxyl groups is 2. The number of aromatic hydroxyl groups is 3. The van der Waals surface area contributed by atoms with Gasteiger partial charge in [-0.15, -0.1) is 0 Å². The fourth-order valence-electron chi connectivity index (χ4n) is 4.98. The molecular weight excluding hydrogens is 428 g/mol. The molecule has 0 amide bonds. The summed E-state index contributed by atoms with van der Waals surface area (Å²) in [6.07, 6.45) is 1.09. The van der Waals surface area contributed by atoms with Crippen LogP contribution in [0.5, 0.6) is 17.2 Å². The average molecular weight is 465 g/mol. The minimum absolute atomic E-state index is 0.114. The molecule has 0 aliphatic rings. The van der Waals surface area contributed by atoms with Crippen LogP contribution in [0.1, 0.15) is 72.3 Å². The van der Waals surface area contributed by atoms with Crippen LogP contribution in [0.25, 0.3) is 0 Å². The predicted octanol–water partition coefficient (Wildman–Crippen LogP) is 5.13. The van der Waals surface area contributed by atoms with Gasteiger partial charge in [0.15, 0.2) is 0 Å². The first kappa shape index (κ1) is 25.6. The number of hydrogen-bond donors (Lipinski definition) is 5. The van der Waals surface area contributed by atoms with Crippen molar-refractivity contribution in [1.29, 1.82) is 0 Å². The Morgan fingerprint density at radius 3 is 1.29 bits per heavy atom. The van der Waals surface area contributed by atoms with Gasteiger partial charge in [-0.05, 0) is 111 Å². The molecule has 0 unspecified atom stereocenters. The van der Waals surface area contributed by atoms with Gasteiger partial charge in [0.05, 0.1) is 13.2 Å². The molecule has 3 aromatic carbocycles. The van der Waals surface area contributed by atoms with Crippen molar-refractivity contribution in [2.75, 3.05) is 0 Å². The first-order valence-corrected chi connectivity index (χ1v) is 11.6. The molecule has 0 aliphatic carbocycles. The molecule has 0 aliphatic heterocycles. The van der Waals surface area contributed by atoms with Crippen LogP contribution in [-0.2, 0) is 26.1 Å². The summed E-state index contributed by atoms with van der Waals surface area (Å²) in [7, 11) is 0. The van der Waals surface area contributed by atoms with E-state index in [4.69, 9.17) is 0 Å². The molecule has 0 fully saturated rings. The van der Waals surface area contributed by atoms with Crippen molar-refractivity contribution < 1.29 is 25.5 Å². The molecule has 0 spiro atoms. The maximum Gasteiger partial charge on any atom is 0.124 e. The quantitative estimate of drug-likeness (QED) is 0.348. The second-order valence-electron chi connectivity index (χ2n) is 9.46. The fraction of sp³-hybridized carbons (Fsp3) is 0.379. The Bertz CT molecular complexity index is 1180. The highest BCUT2D eigenvalue weighted by Crippen LogP contribution is 2.38. The number of phenolic OH excluding ortho intramolecular Hbond substituents is 1. The highest BCUT2D eigenvalue weighted by molar-refractivity contribution is 5.59. The molecular formula is C29H36O5. The molecule has 3 aromatic rings.